The SMILES string of the molecule is Cc1cc(Cl)nc(NC(=O)C(C)(C)c2ccc(N)cc2)n1. The lowest BCUT2D eigenvalue weighted by molar-refractivity contribution is -0.120. The van der Waals surface area contributed by atoms with Crippen molar-refractivity contribution < 1.29 is 4.79 Å². The third kappa shape index (κ3) is 3.49. The van der Waals surface area contributed by atoms with Crippen LogP contribution in [0.3, 0.4) is 0 Å². The first-order chi connectivity index (χ1) is 9.79. The molecule has 0 aliphatic rings. The Labute approximate surface area is 128 Å². The minimum absolute atomic E-state index is 0.202. The summed E-state index contributed by atoms with van der Waals surface area (Å²) in [5, 5.41) is 2.99. The Morgan fingerprint density at radius 3 is 2.43 bits per heavy atom. The van der Waals surface area contributed by atoms with Gasteiger partial charge in [-0.2, -0.15) is 0 Å². The molecule has 21 heavy (non-hydrogen) atoms. The first kappa shape index (κ1) is 15.3. The van der Waals surface area contributed by atoms with Gasteiger partial charge in [0.25, 0.3) is 0 Å². The molecule has 0 radical (unpaired) electrons. The van der Waals surface area contributed by atoms with E-state index in [0.717, 1.165) is 5.56 Å². The number of aromatic nitrogens is 2. The molecular formula is C15H17ClN4O. The van der Waals surface area contributed by atoms with Gasteiger partial charge in [0.2, 0.25) is 11.9 Å². The number of nitrogens with zero attached hydrogens (tertiary/aromatic N) is 2. The molecule has 5 nitrogen and oxygen atoms in total. The van der Waals surface area contributed by atoms with Crippen molar-refractivity contribution in [1.29, 1.82) is 0 Å². The molecule has 0 saturated carbocycles. The number of hydrogen-bond acceptors (Lipinski definition) is 4. The van der Waals surface area contributed by atoms with Crippen molar-refractivity contribution in [3.63, 3.8) is 0 Å². The number of carbonyl (C=O) groups excluding carboxylic acids is 1. The van der Waals surface area contributed by atoms with E-state index in [1.165, 1.54) is 0 Å². The van der Waals surface area contributed by atoms with E-state index in [1.807, 2.05) is 26.0 Å². The molecule has 0 fully saturated rings. The lowest BCUT2D eigenvalue weighted by Gasteiger charge is -2.23. The Hall–Kier alpha value is -2.14. The number of carbonyl (C=O) groups is 1. The van der Waals surface area contributed by atoms with Crippen molar-refractivity contribution in [2.24, 2.45) is 0 Å². The Morgan fingerprint density at radius 2 is 1.86 bits per heavy atom. The van der Waals surface area contributed by atoms with Crippen LogP contribution < -0.4 is 11.1 Å². The van der Waals surface area contributed by atoms with Crippen molar-refractivity contribution in [3.8, 4) is 0 Å². The van der Waals surface area contributed by atoms with Crippen LogP contribution in [0.2, 0.25) is 5.15 Å². The minimum atomic E-state index is -0.743. The Balaban J connectivity index is 2.23. The topological polar surface area (TPSA) is 80.9 Å². The molecular weight excluding hydrogens is 288 g/mol. The van der Waals surface area contributed by atoms with Crippen molar-refractivity contribution >= 4 is 29.1 Å². The highest BCUT2D eigenvalue weighted by Gasteiger charge is 2.30. The van der Waals surface area contributed by atoms with Gasteiger partial charge in [-0.15, -0.1) is 0 Å². The Kier molecular flexibility index (Phi) is 4.14. The van der Waals surface area contributed by atoms with Crippen LogP contribution in [0.1, 0.15) is 25.1 Å². The van der Waals surface area contributed by atoms with Crippen LogP contribution in [0.15, 0.2) is 30.3 Å². The van der Waals surface area contributed by atoms with Crippen molar-refractivity contribution in [2.75, 3.05) is 11.1 Å². The summed E-state index contributed by atoms with van der Waals surface area (Å²) in [5.41, 5.74) is 7.13. The zero-order valence-electron chi connectivity index (χ0n) is 12.1. The number of nitrogens with two attached hydrogens (primary N) is 1. The van der Waals surface area contributed by atoms with Gasteiger partial charge in [-0.05, 0) is 44.5 Å². The number of hydrogen-bond donors (Lipinski definition) is 2. The number of rotatable bonds is 3. The summed E-state index contributed by atoms with van der Waals surface area (Å²) >= 11 is 5.87. The molecule has 1 heterocycles. The second-order valence-electron chi connectivity index (χ2n) is 5.36. The van der Waals surface area contributed by atoms with Crippen LogP contribution >= 0.6 is 11.6 Å². The molecule has 110 valence electrons. The third-order valence-corrected chi connectivity index (χ3v) is 3.44. The summed E-state index contributed by atoms with van der Waals surface area (Å²) in [6, 6.07) is 8.83. The molecule has 0 spiro atoms. The van der Waals surface area contributed by atoms with E-state index >= 15 is 0 Å². The maximum Gasteiger partial charge on any atom is 0.236 e. The number of amides is 1. The molecule has 1 aromatic heterocycles. The van der Waals surface area contributed by atoms with Crippen LogP contribution in [0.5, 0.6) is 0 Å². The average molecular weight is 305 g/mol. The number of nitrogen functional groups attached to an aromatic ring is 1. The number of aryl methyl sites for hydroxylation is 1. The van der Waals surface area contributed by atoms with Gasteiger partial charge in [0.05, 0.1) is 5.41 Å². The van der Waals surface area contributed by atoms with Crippen molar-refractivity contribution in [3.05, 3.63) is 46.7 Å². The zero-order chi connectivity index (χ0) is 15.6. The van der Waals surface area contributed by atoms with Gasteiger partial charge in [0.15, 0.2) is 0 Å². The predicted molar refractivity (Wildman–Crippen MR) is 84.3 cm³/mol. The fourth-order valence-electron chi connectivity index (χ4n) is 1.87. The summed E-state index contributed by atoms with van der Waals surface area (Å²) in [6.45, 7) is 5.44. The average Bonchev–Trinajstić information content (AvgIpc) is 2.37. The highest BCUT2D eigenvalue weighted by molar-refractivity contribution is 6.29. The van der Waals surface area contributed by atoms with Crippen molar-refractivity contribution in [2.45, 2.75) is 26.2 Å². The standard InChI is InChI=1S/C15H17ClN4O/c1-9-8-12(16)19-14(18-9)20-13(21)15(2,3)10-4-6-11(17)7-5-10/h4-8H,17H2,1-3H3,(H,18,19,20,21). The summed E-state index contributed by atoms with van der Waals surface area (Å²) in [7, 11) is 0. The first-order valence-corrected chi connectivity index (χ1v) is 6.85. The van der Waals surface area contributed by atoms with Gasteiger partial charge < -0.3 is 5.73 Å². The van der Waals surface area contributed by atoms with E-state index in [0.29, 0.717) is 16.5 Å². The second kappa shape index (κ2) is 5.69. The number of halogens is 1. The highest BCUT2D eigenvalue weighted by Crippen LogP contribution is 2.25. The smallest absolute Gasteiger partial charge is 0.236 e. The van der Waals surface area contributed by atoms with Crippen molar-refractivity contribution in [1.82, 2.24) is 9.97 Å². The molecule has 3 N–H and O–H groups in total. The lowest BCUT2D eigenvalue weighted by atomic mass is 9.83. The third-order valence-electron chi connectivity index (χ3n) is 3.25. The maximum absolute atomic E-state index is 12.5. The van der Waals surface area contributed by atoms with E-state index in [4.69, 9.17) is 17.3 Å². The monoisotopic (exact) mass is 304 g/mol. The van der Waals surface area contributed by atoms with Gasteiger partial charge >= 0.3 is 0 Å². The summed E-state index contributed by atoms with van der Waals surface area (Å²) in [6.07, 6.45) is 0. The minimum Gasteiger partial charge on any atom is -0.399 e. The lowest BCUT2D eigenvalue weighted by Crippen LogP contribution is -2.35. The number of benzene rings is 1. The van der Waals surface area contributed by atoms with Gasteiger partial charge in [0.1, 0.15) is 5.15 Å². The molecule has 0 aliphatic carbocycles. The Bertz CT molecular complexity index is 648. The normalized spacial score (nSPS) is 11.2. The molecule has 2 rings (SSSR count). The van der Waals surface area contributed by atoms with Crippen LogP contribution in [-0.2, 0) is 10.2 Å². The summed E-state index contributed by atoms with van der Waals surface area (Å²) in [5.74, 6) is -0.0116. The highest BCUT2D eigenvalue weighted by atomic mass is 35.5. The molecule has 0 atom stereocenters. The van der Waals surface area contributed by atoms with E-state index < -0.39 is 5.41 Å². The first-order valence-electron chi connectivity index (χ1n) is 6.47. The van der Waals surface area contributed by atoms with Crippen LogP contribution in [-0.4, -0.2) is 15.9 Å². The molecule has 0 saturated heterocycles. The Morgan fingerprint density at radius 1 is 1.24 bits per heavy atom. The van der Waals surface area contributed by atoms with E-state index in [9.17, 15) is 4.79 Å². The zero-order valence-corrected chi connectivity index (χ0v) is 12.9. The van der Waals surface area contributed by atoms with E-state index in [2.05, 4.69) is 15.3 Å². The van der Waals surface area contributed by atoms with Gasteiger partial charge in [-0.1, -0.05) is 23.7 Å². The molecule has 0 aliphatic heterocycles. The maximum atomic E-state index is 12.5. The van der Waals surface area contributed by atoms with E-state index in [-0.39, 0.29) is 11.9 Å². The predicted octanol–water partition coefficient (Wildman–Crippen LogP) is 2.94. The van der Waals surface area contributed by atoms with Gasteiger partial charge in [-0.3, -0.25) is 10.1 Å². The fraction of sp³-hybridized carbons (Fsp3) is 0.267. The van der Waals surface area contributed by atoms with Gasteiger partial charge in [0, 0.05) is 11.4 Å². The van der Waals surface area contributed by atoms with Gasteiger partial charge in [-0.25, -0.2) is 9.97 Å². The number of anilines is 2. The molecule has 6 heteroatoms. The van der Waals surface area contributed by atoms with E-state index in [1.54, 1.807) is 25.1 Å². The molecule has 2 aromatic rings. The summed E-state index contributed by atoms with van der Waals surface area (Å²) < 4.78 is 0. The largest absolute Gasteiger partial charge is 0.399 e. The second-order valence-corrected chi connectivity index (χ2v) is 5.74. The van der Waals surface area contributed by atoms with Crippen LogP contribution in [0.25, 0.3) is 0 Å². The molecule has 0 unspecified atom stereocenters. The molecule has 1 amide bonds. The number of nitrogens with one attached hydrogen (secondary N) is 1. The molecule has 1 aromatic carbocycles. The van der Waals surface area contributed by atoms with Crippen LogP contribution in [0.4, 0.5) is 11.6 Å². The fourth-order valence-corrected chi connectivity index (χ4v) is 2.11. The molecule has 0 bridgehead atoms. The van der Waals surface area contributed by atoms with Crippen LogP contribution in [0, 0.1) is 6.92 Å². The summed E-state index contributed by atoms with van der Waals surface area (Å²) in [4.78, 5) is 20.6. The quantitative estimate of drug-likeness (QED) is 0.675.